The number of hydrogen-bond donors (Lipinski definition) is 1. The van der Waals surface area contributed by atoms with E-state index in [2.05, 4.69) is 29.1 Å². The van der Waals surface area contributed by atoms with Crippen molar-refractivity contribution in [1.82, 2.24) is 14.7 Å². The molecule has 3 saturated heterocycles. The molecule has 0 aromatic heterocycles. The molecule has 39 heavy (non-hydrogen) atoms. The Morgan fingerprint density at radius 2 is 1.85 bits per heavy atom. The first-order valence-electron chi connectivity index (χ1n) is 13.9. The average molecular weight is 603 g/mol. The summed E-state index contributed by atoms with van der Waals surface area (Å²) in [6.07, 6.45) is 5.20. The molecule has 212 valence electrons. The second kappa shape index (κ2) is 12.8. The zero-order valence-electron chi connectivity index (χ0n) is 22.7. The molecular weight excluding hydrogens is 562 g/mol. The molecule has 3 aliphatic heterocycles. The van der Waals surface area contributed by atoms with Crippen molar-refractivity contribution in [3.63, 3.8) is 0 Å². The van der Waals surface area contributed by atoms with Gasteiger partial charge >= 0.3 is 0 Å². The summed E-state index contributed by atoms with van der Waals surface area (Å²) in [5.41, 5.74) is -0.130. The standard InChI is InChI=1S/C30H40BrN3O5/c1-4-14-32(15-5-2)27(36)23-24-28(37)34(17-10-11-18-35)26(30(24)19-22(31)25(23)39-30)29(38)33(16-6-3)20-21-12-8-7-9-13-21/h4,6-9,12-13,22-26,35H,1,3,5,10-11,14-20H2,2H3/t22?,23-,24+,25-,26?,30?/m1/s1. The molecule has 1 N–H and O–H groups in total. The van der Waals surface area contributed by atoms with Gasteiger partial charge in [-0.1, -0.05) is 65.3 Å². The topological polar surface area (TPSA) is 90.4 Å². The van der Waals surface area contributed by atoms with Gasteiger partial charge in [0.05, 0.1) is 17.9 Å². The number of likely N-dealkylation sites (tertiary alicyclic amines) is 1. The molecule has 1 aromatic rings. The average Bonchev–Trinajstić information content (AvgIpc) is 3.52. The van der Waals surface area contributed by atoms with Gasteiger partial charge in [-0.3, -0.25) is 14.4 Å². The zero-order valence-corrected chi connectivity index (χ0v) is 24.3. The number of unbranched alkanes of at least 4 members (excludes halogenated alkanes) is 1. The van der Waals surface area contributed by atoms with Crippen molar-refractivity contribution in [2.45, 2.75) is 61.7 Å². The molecule has 8 nitrogen and oxygen atoms in total. The van der Waals surface area contributed by atoms with Crippen LogP contribution in [-0.2, 0) is 25.7 Å². The van der Waals surface area contributed by atoms with Crippen molar-refractivity contribution in [3.8, 4) is 0 Å². The first-order chi connectivity index (χ1) is 18.8. The number of nitrogens with zero attached hydrogens (tertiary/aromatic N) is 3. The minimum absolute atomic E-state index is 0.00248. The molecule has 3 unspecified atom stereocenters. The third-order valence-corrected chi connectivity index (χ3v) is 8.99. The highest BCUT2D eigenvalue weighted by molar-refractivity contribution is 9.09. The molecular formula is C30H40BrN3O5. The Bertz CT molecular complexity index is 1070. The van der Waals surface area contributed by atoms with E-state index in [0.717, 1.165) is 12.0 Å². The van der Waals surface area contributed by atoms with Crippen molar-refractivity contribution in [3.05, 3.63) is 61.2 Å². The number of aliphatic hydroxyl groups excluding tert-OH is 1. The zero-order chi connectivity index (χ0) is 28.2. The highest BCUT2D eigenvalue weighted by Crippen LogP contribution is 2.60. The van der Waals surface area contributed by atoms with Crippen LogP contribution in [-0.4, -0.2) is 92.9 Å². The van der Waals surface area contributed by atoms with Gasteiger partial charge in [0.1, 0.15) is 11.6 Å². The molecule has 6 atom stereocenters. The van der Waals surface area contributed by atoms with Gasteiger partial charge in [0.25, 0.3) is 0 Å². The Balaban J connectivity index is 1.73. The number of alkyl halides is 1. The molecule has 0 radical (unpaired) electrons. The number of halogens is 1. The maximum absolute atomic E-state index is 14.4. The lowest BCUT2D eigenvalue weighted by Gasteiger charge is -2.37. The summed E-state index contributed by atoms with van der Waals surface area (Å²) in [6.45, 7) is 11.6. The van der Waals surface area contributed by atoms with Crippen molar-refractivity contribution >= 4 is 33.7 Å². The third-order valence-electron chi connectivity index (χ3n) is 8.15. The van der Waals surface area contributed by atoms with Gasteiger partial charge in [0, 0.05) is 44.2 Å². The van der Waals surface area contributed by atoms with E-state index in [1.807, 2.05) is 37.3 Å². The summed E-state index contributed by atoms with van der Waals surface area (Å²) in [6, 6.07) is 8.86. The van der Waals surface area contributed by atoms with Crippen LogP contribution in [0.1, 0.15) is 38.2 Å². The number of hydrogen-bond acceptors (Lipinski definition) is 5. The number of carbonyl (C=O) groups is 3. The summed E-state index contributed by atoms with van der Waals surface area (Å²) >= 11 is 3.74. The van der Waals surface area contributed by atoms with Crippen LogP contribution in [0.25, 0.3) is 0 Å². The van der Waals surface area contributed by atoms with Crippen LogP contribution >= 0.6 is 15.9 Å². The van der Waals surface area contributed by atoms with Crippen molar-refractivity contribution in [2.75, 3.05) is 32.8 Å². The lowest BCUT2D eigenvalue weighted by molar-refractivity contribution is -0.149. The van der Waals surface area contributed by atoms with Crippen molar-refractivity contribution in [1.29, 1.82) is 0 Å². The SMILES string of the molecule is C=CCN(Cc1ccccc1)C(=O)C1N(CCCCO)C(=O)[C@@H]2[C@@H](C(=O)N(CC=C)CCC)[C@@H]3OC12CC3Br. The number of carbonyl (C=O) groups excluding carboxylic acids is 3. The van der Waals surface area contributed by atoms with Crippen LogP contribution < -0.4 is 0 Å². The minimum Gasteiger partial charge on any atom is -0.396 e. The van der Waals surface area contributed by atoms with Crippen LogP contribution in [0.4, 0.5) is 0 Å². The Morgan fingerprint density at radius 3 is 2.49 bits per heavy atom. The van der Waals surface area contributed by atoms with E-state index in [-0.39, 0.29) is 29.2 Å². The lowest BCUT2D eigenvalue weighted by atomic mass is 9.70. The molecule has 1 spiro atoms. The number of ether oxygens (including phenoxy) is 1. The van der Waals surface area contributed by atoms with Gasteiger partial charge in [-0.15, -0.1) is 13.2 Å². The fourth-order valence-electron chi connectivity index (χ4n) is 6.62. The maximum Gasteiger partial charge on any atom is 0.248 e. The van der Waals surface area contributed by atoms with E-state index >= 15 is 0 Å². The fourth-order valence-corrected chi connectivity index (χ4v) is 7.56. The largest absolute Gasteiger partial charge is 0.396 e. The Kier molecular flexibility index (Phi) is 9.67. The van der Waals surface area contributed by atoms with Gasteiger partial charge in [-0.25, -0.2) is 0 Å². The lowest BCUT2D eigenvalue weighted by Crippen LogP contribution is -2.57. The van der Waals surface area contributed by atoms with Crippen LogP contribution in [0.5, 0.6) is 0 Å². The number of benzene rings is 1. The van der Waals surface area contributed by atoms with E-state index in [9.17, 15) is 19.5 Å². The van der Waals surface area contributed by atoms with E-state index in [0.29, 0.717) is 52.0 Å². The molecule has 0 saturated carbocycles. The summed E-state index contributed by atoms with van der Waals surface area (Å²) in [7, 11) is 0. The highest BCUT2D eigenvalue weighted by atomic mass is 79.9. The molecule has 2 bridgehead atoms. The molecule has 3 fully saturated rings. The summed E-state index contributed by atoms with van der Waals surface area (Å²) < 4.78 is 6.65. The molecule has 3 aliphatic rings. The van der Waals surface area contributed by atoms with E-state index < -0.39 is 29.6 Å². The third kappa shape index (κ3) is 5.45. The smallest absolute Gasteiger partial charge is 0.248 e. The van der Waals surface area contributed by atoms with Crippen molar-refractivity contribution in [2.24, 2.45) is 11.8 Å². The second-order valence-corrected chi connectivity index (χ2v) is 11.9. The maximum atomic E-state index is 14.4. The summed E-state index contributed by atoms with van der Waals surface area (Å²) in [5, 5.41) is 9.40. The quantitative estimate of drug-likeness (QED) is 0.201. The van der Waals surface area contributed by atoms with Crippen molar-refractivity contribution < 1.29 is 24.2 Å². The molecule has 4 rings (SSSR count). The number of aliphatic hydroxyl groups is 1. The molecule has 0 aliphatic carbocycles. The normalized spacial score (nSPS) is 28.8. The van der Waals surface area contributed by atoms with E-state index in [4.69, 9.17) is 4.74 Å². The minimum atomic E-state index is -1.10. The molecule has 3 heterocycles. The number of amides is 3. The van der Waals surface area contributed by atoms with E-state index in [1.165, 1.54) is 0 Å². The van der Waals surface area contributed by atoms with Crippen LogP contribution in [0, 0.1) is 11.8 Å². The molecule has 3 amide bonds. The first-order valence-corrected chi connectivity index (χ1v) is 14.8. The summed E-state index contributed by atoms with van der Waals surface area (Å²) in [5.74, 6) is -1.95. The van der Waals surface area contributed by atoms with Gasteiger partial charge in [-0.05, 0) is 31.2 Å². The predicted octanol–water partition coefficient (Wildman–Crippen LogP) is 3.15. The van der Waals surface area contributed by atoms with Gasteiger partial charge in [0.15, 0.2) is 0 Å². The van der Waals surface area contributed by atoms with Crippen LogP contribution in [0.3, 0.4) is 0 Å². The Morgan fingerprint density at radius 1 is 1.15 bits per heavy atom. The van der Waals surface area contributed by atoms with E-state index in [1.54, 1.807) is 26.9 Å². The monoisotopic (exact) mass is 601 g/mol. The number of fused-ring (bicyclic) bond motifs is 1. The Labute approximate surface area is 239 Å². The van der Waals surface area contributed by atoms with Crippen LogP contribution in [0.2, 0.25) is 0 Å². The van der Waals surface area contributed by atoms with Gasteiger partial charge in [-0.2, -0.15) is 0 Å². The number of rotatable bonds is 14. The fraction of sp³-hybridized carbons (Fsp3) is 0.567. The first kappa shape index (κ1) is 29.5. The molecule has 1 aromatic carbocycles. The summed E-state index contributed by atoms with van der Waals surface area (Å²) in [4.78, 5) is 47.4. The second-order valence-electron chi connectivity index (χ2n) is 10.7. The predicted molar refractivity (Wildman–Crippen MR) is 153 cm³/mol. The molecule has 9 heteroatoms. The van der Waals surface area contributed by atoms with Gasteiger partial charge in [0.2, 0.25) is 17.7 Å². The van der Waals surface area contributed by atoms with Gasteiger partial charge < -0.3 is 24.5 Å². The highest BCUT2D eigenvalue weighted by Gasteiger charge is 2.76. The van der Waals surface area contributed by atoms with Crippen LogP contribution in [0.15, 0.2) is 55.6 Å². The Hall–Kier alpha value is -2.49.